The van der Waals surface area contributed by atoms with Gasteiger partial charge < -0.3 is 5.32 Å². The lowest BCUT2D eigenvalue weighted by Gasteiger charge is -2.31. The number of sulfonamides is 1. The van der Waals surface area contributed by atoms with Gasteiger partial charge in [0.2, 0.25) is 21.1 Å². The van der Waals surface area contributed by atoms with Gasteiger partial charge in [0.05, 0.1) is 11.7 Å². The summed E-state index contributed by atoms with van der Waals surface area (Å²) < 4.78 is 27.9. The number of amides is 1. The fraction of sp³-hybridized carbons (Fsp3) is 0.500. The minimum atomic E-state index is -3.53. The highest BCUT2D eigenvalue weighted by Gasteiger charge is 2.32. The van der Waals surface area contributed by atoms with Gasteiger partial charge in [-0.2, -0.15) is 0 Å². The summed E-state index contributed by atoms with van der Waals surface area (Å²) in [7, 11) is -3.53. The van der Waals surface area contributed by atoms with E-state index in [1.165, 1.54) is 15.6 Å². The second-order valence-electron chi connectivity index (χ2n) is 6.79. The number of hydrogen-bond acceptors (Lipinski definition) is 7. The molecular formula is C18H23ClN4O3S3. The fourth-order valence-corrected chi connectivity index (χ4v) is 6.54. The third-order valence-electron chi connectivity index (χ3n) is 4.45. The maximum absolute atomic E-state index is 12.8. The lowest BCUT2D eigenvalue weighted by Crippen LogP contribution is -2.44. The number of rotatable bonds is 8. The molecule has 0 spiro atoms. The third kappa shape index (κ3) is 6.39. The second kappa shape index (κ2) is 10.2. The lowest BCUT2D eigenvalue weighted by atomic mass is 9.99. The van der Waals surface area contributed by atoms with Gasteiger partial charge >= 0.3 is 0 Å². The summed E-state index contributed by atoms with van der Waals surface area (Å²) in [4.78, 5) is 12.6. The maximum Gasteiger partial charge on any atom is 0.230 e. The van der Waals surface area contributed by atoms with Crippen LogP contribution in [-0.2, 0) is 20.6 Å². The molecule has 7 nitrogen and oxygen atoms in total. The molecule has 1 N–H and O–H groups in total. The molecular weight excluding hydrogens is 452 g/mol. The van der Waals surface area contributed by atoms with Crippen LogP contribution >= 0.6 is 34.7 Å². The van der Waals surface area contributed by atoms with Crippen molar-refractivity contribution in [2.45, 2.75) is 36.3 Å². The van der Waals surface area contributed by atoms with Crippen LogP contribution < -0.4 is 5.32 Å². The third-order valence-corrected chi connectivity index (χ3v) is 8.68. The molecule has 1 aliphatic rings. The van der Waals surface area contributed by atoms with Crippen LogP contribution in [0.4, 0.5) is 5.13 Å². The lowest BCUT2D eigenvalue weighted by molar-refractivity contribution is -0.120. The van der Waals surface area contributed by atoms with Crippen molar-refractivity contribution in [3.63, 3.8) is 0 Å². The molecule has 1 saturated heterocycles. The van der Waals surface area contributed by atoms with E-state index in [-0.39, 0.29) is 18.2 Å². The van der Waals surface area contributed by atoms with Gasteiger partial charge in [0, 0.05) is 23.9 Å². The highest BCUT2D eigenvalue weighted by atomic mass is 35.5. The minimum Gasteiger partial charge on any atom is -0.300 e. The minimum absolute atomic E-state index is 0.129. The first kappa shape index (κ1) is 22.5. The number of hydrogen-bond donors (Lipinski definition) is 1. The number of anilines is 1. The van der Waals surface area contributed by atoms with E-state index in [4.69, 9.17) is 11.6 Å². The van der Waals surface area contributed by atoms with Gasteiger partial charge in [0.15, 0.2) is 4.34 Å². The van der Waals surface area contributed by atoms with E-state index in [2.05, 4.69) is 22.4 Å². The number of nitrogens with zero attached hydrogens (tertiary/aromatic N) is 3. The Bertz CT molecular complexity index is 951. The standard InChI is InChI=1S/C18H23ClN4O3S3/c1-2-9-27-18-22-21-17(28-18)20-16(24)14-6-4-8-23(11-14)29(25,26)12-13-5-3-7-15(19)10-13/h3,5,7,10,14H,2,4,6,8-9,11-12H2,1H3,(H,20,21,24)/t14-/m1/s1. The quantitative estimate of drug-likeness (QED) is 0.461. The Morgan fingerprint density at radius 2 is 2.24 bits per heavy atom. The summed E-state index contributed by atoms with van der Waals surface area (Å²) in [6.07, 6.45) is 2.32. The highest BCUT2D eigenvalue weighted by Crippen LogP contribution is 2.28. The van der Waals surface area contributed by atoms with Crippen molar-refractivity contribution in [1.82, 2.24) is 14.5 Å². The molecule has 1 atom stereocenters. The Morgan fingerprint density at radius 1 is 1.41 bits per heavy atom. The summed E-state index contributed by atoms with van der Waals surface area (Å²) in [5, 5.41) is 11.8. The Labute approximate surface area is 184 Å². The van der Waals surface area contributed by atoms with Gasteiger partial charge in [-0.15, -0.1) is 10.2 Å². The van der Waals surface area contributed by atoms with Gasteiger partial charge in [-0.1, -0.05) is 53.8 Å². The van der Waals surface area contributed by atoms with Gasteiger partial charge in [0.1, 0.15) is 0 Å². The molecule has 11 heteroatoms. The number of benzene rings is 1. The van der Waals surface area contributed by atoms with Crippen LogP contribution in [0.3, 0.4) is 0 Å². The zero-order chi connectivity index (χ0) is 20.9. The van der Waals surface area contributed by atoms with Gasteiger partial charge in [0.25, 0.3) is 0 Å². The molecule has 0 bridgehead atoms. The fourth-order valence-electron chi connectivity index (χ4n) is 3.05. The zero-order valence-corrected chi connectivity index (χ0v) is 19.2. The molecule has 0 unspecified atom stereocenters. The van der Waals surface area contributed by atoms with E-state index in [1.54, 1.807) is 36.0 Å². The van der Waals surface area contributed by atoms with Crippen molar-refractivity contribution in [3.05, 3.63) is 34.9 Å². The molecule has 0 aliphatic carbocycles. The molecule has 2 aromatic rings. The molecule has 158 valence electrons. The molecule has 1 aromatic carbocycles. The van der Waals surface area contributed by atoms with Crippen molar-refractivity contribution >= 4 is 55.8 Å². The molecule has 3 rings (SSSR count). The molecule has 29 heavy (non-hydrogen) atoms. The van der Waals surface area contributed by atoms with E-state index < -0.39 is 15.9 Å². The predicted molar refractivity (Wildman–Crippen MR) is 118 cm³/mol. The van der Waals surface area contributed by atoms with Gasteiger partial charge in [-0.25, -0.2) is 12.7 Å². The molecule has 2 heterocycles. The summed E-state index contributed by atoms with van der Waals surface area (Å²) in [6, 6.07) is 6.82. The Hall–Kier alpha value is -1.20. The average Bonchev–Trinajstić information content (AvgIpc) is 3.13. The zero-order valence-electron chi connectivity index (χ0n) is 16.0. The van der Waals surface area contributed by atoms with Gasteiger partial charge in [-0.3, -0.25) is 4.79 Å². The van der Waals surface area contributed by atoms with Crippen LogP contribution in [0.15, 0.2) is 28.6 Å². The van der Waals surface area contributed by atoms with E-state index in [1.807, 2.05) is 0 Å². The maximum atomic E-state index is 12.8. The topological polar surface area (TPSA) is 92.3 Å². The number of carbonyl (C=O) groups excluding carboxylic acids is 1. The largest absolute Gasteiger partial charge is 0.300 e. The van der Waals surface area contributed by atoms with Crippen molar-refractivity contribution in [2.75, 3.05) is 24.2 Å². The molecule has 0 saturated carbocycles. The van der Waals surface area contributed by atoms with E-state index in [0.717, 1.165) is 16.5 Å². The van der Waals surface area contributed by atoms with Crippen LogP contribution in [0, 0.1) is 5.92 Å². The number of thioether (sulfide) groups is 1. The van der Waals surface area contributed by atoms with Crippen LogP contribution in [0.25, 0.3) is 0 Å². The first-order chi connectivity index (χ1) is 13.9. The van der Waals surface area contributed by atoms with Gasteiger partial charge in [-0.05, 0) is 37.0 Å². The molecule has 0 radical (unpaired) electrons. The predicted octanol–water partition coefficient (Wildman–Crippen LogP) is 3.87. The molecule has 1 amide bonds. The van der Waals surface area contributed by atoms with Crippen molar-refractivity contribution < 1.29 is 13.2 Å². The Balaban J connectivity index is 1.60. The smallest absolute Gasteiger partial charge is 0.230 e. The summed E-state index contributed by atoms with van der Waals surface area (Å²) in [5.74, 6) is 0.199. The summed E-state index contributed by atoms with van der Waals surface area (Å²) in [5.41, 5.74) is 0.634. The van der Waals surface area contributed by atoms with Crippen molar-refractivity contribution in [2.24, 2.45) is 5.92 Å². The second-order valence-corrected chi connectivity index (χ2v) is 11.5. The van der Waals surface area contributed by atoms with Crippen LogP contribution in [-0.4, -0.2) is 47.7 Å². The first-order valence-electron chi connectivity index (χ1n) is 9.37. The van der Waals surface area contributed by atoms with E-state index >= 15 is 0 Å². The number of carbonyl (C=O) groups is 1. The number of halogens is 1. The van der Waals surface area contributed by atoms with E-state index in [9.17, 15) is 13.2 Å². The first-order valence-corrected chi connectivity index (χ1v) is 13.2. The highest BCUT2D eigenvalue weighted by molar-refractivity contribution is 8.01. The van der Waals surface area contributed by atoms with Crippen molar-refractivity contribution in [3.8, 4) is 0 Å². The SMILES string of the molecule is CCCSc1nnc(NC(=O)[C@@H]2CCCN(S(=O)(=O)Cc3cccc(Cl)c3)C2)s1. The number of aromatic nitrogens is 2. The van der Waals surface area contributed by atoms with E-state index in [0.29, 0.717) is 35.1 Å². The van der Waals surface area contributed by atoms with Crippen LogP contribution in [0.1, 0.15) is 31.7 Å². The summed E-state index contributed by atoms with van der Waals surface area (Å²) >= 11 is 8.90. The molecule has 1 aromatic heterocycles. The normalized spacial score (nSPS) is 17.9. The Morgan fingerprint density at radius 3 is 3.00 bits per heavy atom. The Kier molecular flexibility index (Phi) is 7.92. The van der Waals surface area contributed by atoms with Crippen LogP contribution in [0.5, 0.6) is 0 Å². The number of piperidine rings is 1. The van der Waals surface area contributed by atoms with Crippen LogP contribution in [0.2, 0.25) is 5.02 Å². The molecule has 1 fully saturated rings. The number of nitrogens with one attached hydrogen (secondary N) is 1. The average molecular weight is 475 g/mol. The van der Waals surface area contributed by atoms with Crippen molar-refractivity contribution in [1.29, 1.82) is 0 Å². The molecule has 1 aliphatic heterocycles. The summed E-state index contributed by atoms with van der Waals surface area (Å²) in [6.45, 7) is 2.68. The monoisotopic (exact) mass is 474 g/mol.